The Morgan fingerprint density at radius 2 is 1.43 bits per heavy atom. The van der Waals surface area contributed by atoms with Crippen molar-refractivity contribution in [3.05, 3.63) is 64.7 Å². The molecule has 28 heavy (non-hydrogen) atoms. The minimum absolute atomic E-state index is 0.0653. The number of carbonyl (C=O) groups is 1. The van der Waals surface area contributed by atoms with Crippen LogP contribution in [0.4, 0.5) is 0 Å². The minimum Gasteiger partial charge on any atom is -0.369 e. The Labute approximate surface area is 167 Å². The molecule has 0 saturated carbocycles. The third-order valence-corrected chi connectivity index (χ3v) is 5.51. The van der Waals surface area contributed by atoms with E-state index in [1.807, 2.05) is 50.2 Å². The molecule has 4 N–H and O–H groups in total. The van der Waals surface area contributed by atoms with Crippen LogP contribution in [0.3, 0.4) is 0 Å². The average Bonchev–Trinajstić information content (AvgIpc) is 3.08. The van der Waals surface area contributed by atoms with E-state index in [1.54, 1.807) is 18.3 Å². The van der Waals surface area contributed by atoms with Crippen LogP contribution >= 0.6 is 11.3 Å². The number of rotatable bonds is 5. The van der Waals surface area contributed by atoms with Gasteiger partial charge in [-0.05, 0) is 31.9 Å². The summed E-state index contributed by atoms with van der Waals surface area (Å²) in [5, 5.41) is 8.65. The second kappa shape index (κ2) is 8.14. The van der Waals surface area contributed by atoms with Crippen LogP contribution in [0, 0.1) is 6.92 Å². The van der Waals surface area contributed by atoms with Crippen LogP contribution in [-0.2, 0) is 0 Å². The van der Waals surface area contributed by atoms with Crippen LogP contribution in [0.1, 0.15) is 34.8 Å². The Morgan fingerprint density at radius 3 is 1.96 bits per heavy atom. The quantitative estimate of drug-likeness (QED) is 0.297. The van der Waals surface area contributed by atoms with E-state index < -0.39 is 0 Å². The number of ketones is 1. The van der Waals surface area contributed by atoms with Crippen LogP contribution in [0.5, 0.6) is 0 Å². The molecule has 0 radical (unpaired) electrons. The summed E-state index contributed by atoms with van der Waals surface area (Å²) >= 11 is 1.55. The monoisotopic (exact) mass is 391 g/mol. The summed E-state index contributed by atoms with van der Waals surface area (Å²) in [7, 11) is 0. The highest BCUT2D eigenvalue weighted by Gasteiger charge is 2.12. The van der Waals surface area contributed by atoms with Crippen LogP contribution in [0.25, 0.3) is 21.7 Å². The van der Waals surface area contributed by atoms with Gasteiger partial charge in [0.25, 0.3) is 0 Å². The summed E-state index contributed by atoms with van der Waals surface area (Å²) in [6.07, 6.45) is 0. The van der Waals surface area contributed by atoms with Crippen LogP contribution < -0.4 is 11.5 Å². The fourth-order valence-corrected chi connectivity index (χ4v) is 3.75. The number of benzene rings is 2. The summed E-state index contributed by atoms with van der Waals surface area (Å²) in [5.41, 5.74) is 16.1. The molecule has 0 fully saturated rings. The highest BCUT2D eigenvalue weighted by Crippen LogP contribution is 2.30. The van der Waals surface area contributed by atoms with Crippen LogP contribution in [0.15, 0.2) is 58.7 Å². The van der Waals surface area contributed by atoms with Gasteiger partial charge in [-0.2, -0.15) is 5.10 Å². The van der Waals surface area contributed by atoms with E-state index in [0.717, 1.165) is 38.0 Å². The molecule has 0 saturated heterocycles. The van der Waals surface area contributed by atoms with Gasteiger partial charge in [0.2, 0.25) is 5.96 Å². The summed E-state index contributed by atoms with van der Waals surface area (Å²) in [6.45, 7) is 5.36. The first-order valence-corrected chi connectivity index (χ1v) is 9.49. The lowest BCUT2D eigenvalue weighted by atomic mass is 10.0. The lowest BCUT2D eigenvalue weighted by Gasteiger charge is -2.04. The number of guanidine groups is 1. The Kier molecular flexibility index (Phi) is 5.65. The third-order valence-electron chi connectivity index (χ3n) is 4.20. The maximum atomic E-state index is 11.4. The Balaban J connectivity index is 1.86. The molecule has 3 aromatic rings. The normalized spacial score (nSPS) is 11.3. The molecule has 0 amide bonds. The number of Topliss-reactive ketones (excluding diaryl/α,β-unsaturated/α-hetero) is 1. The number of aromatic nitrogens is 1. The lowest BCUT2D eigenvalue weighted by molar-refractivity contribution is 0.101. The molecule has 1 aromatic heterocycles. The van der Waals surface area contributed by atoms with Crippen molar-refractivity contribution in [1.82, 2.24) is 4.98 Å². The van der Waals surface area contributed by atoms with Gasteiger partial charge in [-0.1, -0.05) is 48.5 Å². The average molecular weight is 392 g/mol. The molecule has 0 spiro atoms. The molecular formula is C21H21N5OS. The first kappa shape index (κ1) is 19.4. The maximum Gasteiger partial charge on any atom is 0.211 e. The van der Waals surface area contributed by atoms with Gasteiger partial charge < -0.3 is 11.5 Å². The molecule has 0 aliphatic carbocycles. The Morgan fingerprint density at radius 1 is 0.893 bits per heavy atom. The number of hydrogen-bond acceptors (Lipinski definition) is 5. The number of aryl methyl sites for hydroxylation is 1. The third kappa shape index (κ3) is 4.32. The molecule has 142 valence electrons. The molecule has 3 rings (SSSR count). The van der Waals surface area contributed by atoms with Gasteiger partial charge >= 0.3 is 0 Å². The second-order valence-electron chi connectivity index (χ2n) is 6.35. The minimum atomic E-state index is -0.0753. The molecule has 0 atom stereocenters. The van der Waals surface area contributed by atoms with Crippen molar-refractivity contribution in [3.63, 3.8) is 0 Å². The smallest absolute Gasteiger partial charge is 0.211 e. The molecule has 7 heteroatoms. The van der Waals surface area contributed by atoms with E-state index in [0.29, 0.717) is 5.56 Å². The molecule has 2 aromatic carbocycles. The van der Waals surface area contributed by atoms with Crippen molar-refractivity contribution in [2.24, 2.45) is 21.7 Å². The molecule has 0 bridgehead atoms. The summed E-state index contributed by atoms with van der Waals surface area (Å²) in [6, 6.07) is 15.8. The van der Waals surface area contributed by atoms with Crippen molar-refractivity contribution in [2.75, 3.05) is 0 Å². The predicted octanol–water partition coefficient (Wildman–Crippen LogP) is 3.99. The van der Waals surface area contributed by atoms with Crippen LogP contribution in [0.2, 0.25) is 0 Å². The number of nitrogens with two attached hydrogens (primary N) is 2. The SMILES string of the molecule is CC(=O)c1ccc(-c2ccc(-c3nc(C)c(/C(C)=N/N=C(N)N)s3)cc2)cc1. The van der Waals surface area contributed by atoms with Gasteiger partial charge in [0.15, 0.2) is 5.78 Å². The zero-order valence-electron chi connectivity index (χ0n) is 15.9. The van der Waals surface area contributed by atoms with Gasteiger partial charge in [-0.15, -0.1) is 16.4 Å². The summed E-state index contributed by atoms with van der Waals surface area (Å²) < 4.78 is 0. The Hall–Kier alpha value is -3.32. The summed E-state index contributed by atoms with van der Waals surface area (Å²) in [5.74, 6) is -0.0100. The first-order valence-electron chi connectivity index (χ1n) is 8.68. The Bertz CT molecular complexity index is 1060. The molecule has 0 aliphatic rings. The topological polar surface area (TPSA) is 107 Å². The van der Waals surface area contributed by atoms with Crippen molar-refractivity contribution in [2.45, 2.75) is 20.8 Å². The maximum absolute atomic E-state index is 11.4. The molecule has 6 nitrogen and oxygen atoms in total. The van der Waals surface area contributed by atoms with Crippen molar-refractivity contribution < 1.29 is 4.79 Å². The van der Waals surface area contributed by atoms with Crippen molar-refractivity contribution in [3.8, 4) is 21.7 Å². The molecule has 0 aliphatic heterocycles. The van der Waals surface area contributed by atoms with E-state index >= 15 is 0 Å². The van der Waals surface area contributed by atoms with Crippen LogP contribution in [-0.4, -0.2) is 22.4 Å². The van der Waals surface area contributed by atoms with Gasteiger partial charge in [-0.3, -0.25) is 4.79 Å². The van der Waals surface area contributed by atoms with E-state index in [2.05, 4.69) is 27.3 Å². The predicted molar refractivity (Wildman–Crippen MR) is 116 cm³/mol. The number of carbonyl (C=O) groups excluding carboxylic acids is 1. The van der Waals surface area contributed by atoms with Gasteiger partial charge in [0.05, 0.1) is 16.3 Å². The highest BCUT2D eigenvalue weighted by atomic mass is 32.1. The van der Waals surface area contributed by atoms with Gasteiger partial charge in [-0.25, -0.2) is 4.98 Å². The first-order chi connectivity index (χ1) is 13.3. The van der Waals surface area contributed by atoms with E-state index in [9.17, 15) is 4.79 Å². The van der Waals surface area contributed by atoms with Gasteiger partial charge in [0, 0.05) is 11.1 Å². The molecule has 1 heterocycles. The van der Waals surface area contributed by atoms with E-state index in [1.165, 1.54) is 0 Å². The second-order valence-corrected chi connectivity index (χ2v) is 7.35. The van der Waals surface area contributed by atoms with E-state index in [-0.39, 0.29) is 11.7 Å². The lowest BCUT2D eigenvalue weighted by Crippen LogP contribution is -2.22. The molecule has 0 unspecified atom stereocenters. The molecular weight excluding hydrogens is 370 g/mol. The summed E-state index contributed by atoms with van der Waals surface area (Å²) in [4.78, 5) is 17.0. The number of thiazole rings is 1. The number of hydrogen-bond donors (Lipinski definition) is 2. The number of nitrogens with zero attached hydrogens (tertiary/aromatic N) is 3. The largest absolute Gasteiger partial charge is 0.369 e. The standard InChI is InChI=1S/C21H21N5OS/c1-12-19(13(2)25-26-21(22)23)28-20(24-12)18-10-8-17(9-11-18)16-6-4-15(5-7-16)14(3)27/h4-11H,1-3H3,(H4,22,23,26)/b25-13+. The van der Waals surface area contributed by atoms with Crippen molar-refractivity contribution in [1.29, 1.82) is 0 Å². The fraction of sp³-hybridized carbons (Fsp3) is 0.143. The van der Waals surface area contributed by atoms with E-state index in [4.69, 9.17) is 11.5 Å². The van der Waals surface area contributed by atoms with Gasteiger partial charge in [0.1, 0.15) is 5.01 Å². The highest BCUT2D eigenvalue weighted by molar-refractivity contribution is 7.17. The zero-order valence-corrected chi connectivity index (χ0v) is 16.7. The van der Waals surface area contributed by atoms with Crippen molar-refractivity contribution >= 4 is 28.8 Å². The fourth-order valence-electron chi connectivity index (χ4n) is 2.74. The zero-order chi connectivity index (χ0) is 20.3.